The third kappa shape index (κ3) is 5.64. The monoisotopic (exact) mass is 377 g/mol. The molecule has 0 bridgehead atoms. The van der Waals surface area contributed by atoms with Crippen LogP contribution in [-0.2, 0) is 25.7 Å². The van der Waals surface area contributed by atoms with E-state index in [0.29, 0.717) is 17.7 Å². The molecule has 0 atom stereocenters. The molecule has 0 spiro atoms. The van der Waals surface area contributed by atoms with Gasteiger partial charge in [0.2, 0.25) is 0 Å². The fraction of sp³-hybridized carbons (Fsp3) is 0.176. The summed E-state index contributed by atoms with van der Waals surface area (Å²) in [7, 11) is 1.22. The average Bonchev–Trinajstić information content (AvgIpc) is 2.96. The van der Waals surface area contributed by atoms with Gasteiger partial charge in [-0.2, -0.15) is 5.10 Å². The van der Waals surface area contributed by atoms with Gasteiger partial charge in [-0.3, -0.25) is 10.1 Å². The lowest BCUT2D eigenvalue weighted by molar-refractivity contribution is -0.135. The van der Waals surface area contributed by atoms with Crippen LogP contribution in [-0.4, -0.2) is 37.0 Å². The van der Waals surface area contributed by atoms with Crippen molar-refractivity contribution in [2.75, 3.05) is 13.7 Å². The second-order valence-corrected chi connectivity index (χ2v) is 5.92. The van der Waals surface area contributed by atoms with Crippen molar-refractivity contribution in [1.82, 2.24) is 5.32 Å². The molecule has 1 fully saturated rings. The SMILES string of the molecule is C=CCOCc1cc(F)ccc1C=N/N=C1/NC(=O)/C(=C\C(=O)OC)S1. The number of hydrogen-bond donors (Lipinski definition) is 1. The van der Waals surface area contributed by atoms with Crippen molar-refractivity contribution in [3.8, 4) is 0 Å². The Morgan fingerprint density at radius 2 is 2.27 bits per heavy atom. The molecule has 1 aliphatic heterocycles. The van der Waals surface area contributed by atoms with E-state index in [0.717, 1.165) is 17.8 Å². The van der Waals surface area contributed by atoms with Crippen LogP contribution >= 0.6 is 11.8 Å². The van der Waals surface area contributed by atoms with Gasteiger partial charge >= 0.3 is 5.97 Å². The summed E-state index contributed by atoms with van der Waals surface area (Å²) < 4.78 is 23.2. The zero-order chi connectivity index (χ0) is 18.9. The molecule has 1 aromatic carbocycles. The number of ether oxygens (including phenoxy) is 2. The van der Waals surface area contributed by atoms with E-state index in [1.165, 1.54) is 25.5 Å². The molecule has 0 saturated carbocycles. The lowest BCUT2D eigenvalue weighted by Gasteiger charge is -2.05. The summed E-state index contributed by atoms with van der Waals surface area (Å²) in [6.45, 7) is 4.08. The van der Waals surface area contributed by atoms with Crippen LogP contribution in [0.5, 0.6) is 0 Å². The molecule has 1 aromatic rings. The quantitative estimate of drug-likeness (QED) is 0.196. The number of amides is 1. The van der Waals surface area contributed by atoms with E-state index < -0.39 is 11.9 Å². The maximum atomic E-state index is 13.4. The van der Waals surface area contributed by atoms with Crippen molar-refractivity contribution in [3.05, 3.63) is 58.8 Å². The van der Waals surface area contributed by atoms with Gasteiger partial charge in [-0.05, 0) is 29.5 Å². The Morgan fingerprint density at radius 3 is 3.00 bits per heavy atom. The molecule has 1 saturated heterocycles. The van der Waals surface area contributed by atoms with E-state index in [1.54, 1.807) is 12.1 Å². The number of hydrogen-bond acceptors (Lipinski definition) is 7. The van der Waals surface area contributed by atoms with E-state index in [4.69, 9.17) is 4.74 Å². The van der Waals surface area contributed by atoms with E-state index >= 15 is 0 Å². The largest absolute Gasteiger partial charge is 0.466 e. The fourth-order valence-corrected chi connectivity index (χ4v) is 2.60. The second-order valence-electron chi connectivity index (χ2n) is 4.88. The number of halogens is 1. The van der Waals surface area contributed by atoms with Gasteiger partial charge in [0.05, 0.1) is 31.4 Å². The molecule has 0 radical (unpaired) electrons. The molecular formula is C17H16FN3O4S. The minimum atomic E-state index is -0.636. The standard InChI is InChI=1S/C17H16FN3O4S/c1-3-6-25-10-12-7-13(18)5-4-11(12)9-19-21-17-20-16(23)14(26-17)8-15(22)24-2/h3-5,7-9H,1,6,10H2,2H3,(H,20,21,23)/b14-8+,19-9?. The number of rotatable bonds is 7. The summed E-state index contributed by atoms with van der Waals surface area (Å²) in [5.74, 6) is -1.49. The minimum Gasteiger partial charge on any atom is -0.466 e. The Morgan fingerprint density at radius 1 is 1.46 bits per heavy atom. The van der Waals surface area contributed by atoms with Gasteiger partial charge in [0.15, 0.2) is 5.17 Å². The van der Waals surface area contributed by atoms with Gasteiger partial charge in [-0.25, -0.2) is 9.18 Å². The first kappa shape index (κ1) is 19.5. The van der Waals surface area contributed by atoms with Crippen molar-refractivity contribution < 1.29 is 23.5 Å². The van der Waals surface area contributed by atoms with E-state index in [9.17, 15) is 14.0 Å². The highest BCUT2D eigenvalue weighted by atomic mass is 32.2. The number of nitrogens with zero attached hydrogens (tertiary/aromatic N) is 2. The summed E-state index contributed by atoms with van der Waals surface area (Å²) in [4.78, 5) is 23.0. The zero-order valence-corrected chi connectivity index (χ0v) is 14.7. The number of nitrogens with one attached hydrogen (secondary N) is 1. The molecule has 1 amide bonds. The summed E-state index contributed by atoms with van der Waals surface area (Å²) in [5.41, 5.74) is 1.23. The van der Waals surface area contributed by atoms with Gasteiger partial charge < -0.3 is 9.47 Å². The highest BCUT2D eigenvalue weighted by Crippen LogP contribution is 2.23. The Hall–Kier alpha value is -2.78. The number of esters is 1. The van der Waals surface area contributed by atoms with Crippen LogP contribution in [0.3, 0.4) is 0 Å². The molecule has 26 heavy (non-hydrogen) atoms. The first-order valence-corrected chi connectivity index (χ1v) is 8.22. The molecule has 0 aliphatic carbocycles. The molecular weight excluding hydrogens is 361 g/mol. The Kier molecular flexibility index (Phi) is 7.24. The summed E-state index contributed by atoms with van der Waals surface area (Å²) >= 11 is 0.961. The summed E-state index contributed by atoms with van der Waals surface area (Å²) in [5, 5.41) is 10.5. The lowest BCUT2D eigenvalue weighted by Crippen LogP contribution is -2.19. The van der Waals surface area contributed by atoms with Gasteiger partial charge in [0.25, 0.3) is 5.91 Å². The van der Waals surface area contributed by atoms with E-state index in [2.05, 4.69) is 26.8 Å². The molecule has 0 unspecified atom stereocenters. The van der Waals surface area contributed by atoms with Crippen LogP contribution in [0.2, 0.25) is 0 Å². The Labute approximate surface area is 153 Å². The molecule has 2 rings (SSSR count). The summed E-state index contributed by atoms with van der Waals surface area (Å²) in [6.07, 6.45) is 4.09. The number of carbonyl (C=O) groups excluding carboxylic acids is 2. The van der Waals surface area contributed by atoms with Crippen molar-refractivity contribution >= 4 is 35.0 Å². The van der Waals surface area contributed by atoms with Crippen molar-refractivity contribution in [3.63, 3.8) is 0 Å². The highest BCUT2D eigenvalue weighted by molar-refractivity contribution is 8.18. The molecule has 7 nitrogen and oxygen atoms in total. The minimum absolute atomic E-state index is 0.158. The second kappa shape index (κ2) is 9.64. The average molecular weight is 377 g/mol. The van der Waals surface area contributed by atoms with Gasteiger partial charge in [-0.15, -0.1) is 11.7 Å². The maximum Gasteiger partial charge on any atom is 0.331 e. The van der Waals surface area contributed by atoms with E-state index in [1.807, 2.05) is 0 Å². The third-order valence-electron chi connectivity index (χ3n) is 3.04. The Bertz CT molecular complexity index is 805. The normalized spacial score (nSPS) is 17.1. The lowest BCUT2D eigenvalue weighted by atomic mass is 10.1. The van der Waals surface area contributed by atoms with Gasteiger partial charge in [0.1, 0.15) is 5.82 Å². The predicted molar refractivity (Wildman–Crippen MR) is 97.1 cm³/mol. The van der Waals surface area contributed by atoms with Crippen molar-refractivity contribution in [2.24, 2.45) is 10.2 Å². The Balaban J connectivity index is 2.09. The maximum absolute atomic E-state index is 13.4. The molecule has 1 heterocycles. The van der Waals surface area contributed by atoms with Crippen LogP contribution in [0.4, 0.5) is 4.39 Å². The van der Waals surface area contributed by atoms with Crippen LogP contribution in [0, 0.1) is 5.82 Å². The van der Waals surface area contributed by atoms with Crippen LogP contribution in [0.25, 0.3) is 0 Å². The molecule has 1 N–H and O–H groups in total. The number of methoxy groups -OCH3 is 1. The molecule has 0 aromatic heterocycles. The predicted octanol–water partition coefficient (Wildman–Crippen LogP) is 2.14. The smallest absolute Gasteiger partial charge is 0.331 e. The molecule has 136 valence electrons. The number of benzene rings is 1. The molecule has 9 heteroatoms. The van der Waals surface area contributed by atoms with Crippen molar-refractivity contribution in [2.45, 2.75) is 6.61 Å². The third-order valence-corrected chi connectivity index (χ3v) is 3.94. The zero-order valence-electron chi connectivity index (χ0n) is 13.9. The fourth-order valence-electron chi connectivity index (χ4n) is 1.86. The number of amidine groups is 1. The van der Waals surface area contributed by atoms with Crippen LogP contribution in [0.15, 0.2) is 52.0 Å². The number of carbonyl (C=O) groups is 2. The van der Waals surface area contributed by atoms with Crippen LogP contribution in [0.1, 0.15) is 11.1 Å². The number of thioether (sulfide) groups is 1. The first-order chi connectivity index (χ1) is 12.5. The first-order valence-electron chi connectivity index (χ1n) is 7.40. The summed E-state index contributed by atoms with van der Waals surface area (Å²) in [6, 6.07) is 4.20. The van der Waals surface area contributed by atoms with Crippen molar-refractivity contribution in [1.29, 1.82) is 0 Å². The van der Waals surface area contributed by atoms with Gasteiger partial charge in [-0.1, -0.05) is 12.1 Å². The van der Waals surface area contributed by atoms with E-state index in [-0.39, 0.29) is 22.5 Å². The van der Waals surface area contributed by atoms with Gasteiger partial charge in [0, 0.05) is 11.6 Å². The molecule has 1 aliphatic rings. The topological polar surface area (TPSA) is 89.4 Å². The highest BCUT2D eigenvalue weighted by Gasteiger charge is 2.24. The van der Waals surface area contributed by atoms with Crippen LogP contribution < -0.4 is 5.32 Å².